The fourth-order valence-electron chi connectivity index (χ4n) is 2.69. The molecule has 1 aromatic heterocycles. The molecule has 0 aromatic carbocycles. The van der Waals surface area contributed by atoms with Gasteiger partial charge in [0.25, 0.3) is 0 Å². The average Bonchev–Trinajstić information content (AvgIpc) is 3.30. The fraction of sp³-hybridized carbons (Fsp3) is 0.733. The number of nitrogens with one attached hydrogen (secondary N) is 1. The quantitative estimate of drug-likeness (QED) is 0.885. The van der Waals surface area contributed by atoms with Crippen molar-refractivity contribution in [1.82, 2.24) is 15.3 Å². The van der Waals surface area contributed by atoms with Crippen molar-refractivity contribution in [2.24, 2.45) is 5.92 Å². The number of rotatable bonds is 5. The Balaban J connectivity index is 1.58. The van der Waals surface area contributed by atoms with Gasteiger partial charge in [0.05, 0.1) is 24.2 Å². The molecule has 2 fully saturated rings. The average molecular weight is 276 g/mol. The molecule has 1 aromatic rings. The van der Waals surface area contributed by atoms with Crippen molar-refractivity contribution in [3.8, 4) is 0 Å². The highest BCUT2D eigenvalue weighted by Crippen LogP contribution is 2.23. The lowest BCUT2D eigenvalue weighted by Gasteiger charge is -2.36. The van der Waals surface area contributed by atoms with Gasteiger partial charge in [0.2, 0.25) is 0 Å². The van der Waals surface area contributed by atoms with Crippen LogP contribution in [0.3, 0.4) is 0 Å². The van der Waals surface area contributed by atoms with E-state index in [0.717, 1.165) is 37.6 Å². The van der Waals surface area contributed by atoms with Crippen molar-refractivity contribution in [2.45, 2.75) is 44.9 Å². The van der Waals surface area contributed by atoms with Crippen LogP contribution in [-0.2, 0) is 11.3 Å². The molecular formula is C15H24N4O. The third kappa shape index (κ3) is 3.27. The van der Waals surface area contributed by atoms with E-state index in [4.69, 9.17) is 4.74 Å². The molecule has 2 atom stereocenters. The van der Waals surface area contributed by atoms with E-state index in [1.165, 1.54) is 12.8 Å². The van der Waals surface area contributed by atoms with Crippen LogP contribution in [-0.4, -0.2) is 42.3 Å². The Bertz CT molecular complexity index is 432. The van der Waals surface area contributed by atoms with E-state index in [0.29, 0.717) is 18.1 Å². The van der Waals surface area contributed by atoms with Gasteiger partial charge in [-0.2, -0.15) is 0 Å². The molecule has 1 saturated carbocycles. The van der Waals surface area contributed by atoms with E-state index in [-0.39, 0.29) is 0 Å². The number of nitrogens with zero attached hydrogens (tertiary/aromatic N) is 3. The molecule has 0 bridgehead atoms. The standard InChI is InChI=1S/C15H24N4O/c1-11-5-6-19(10-14(11)20-2)15-9-17-13(8-18-15)7-16-12-3-4-12/h8-9,11-12,14,16H,3-7,10H2,1-2H3. The van der Waals surface area contributed by atoms with Crippen molar-refractivity contribution in [1.29, 1.82) is 0 Å². The Morgan fingerprint density at radius 1 is 1.30 bits per heavy atom. The van der Waals surface area contributed by atoms with Gasteiger partial charge in [-0.1, -0.05) is 6.92 Å². The first-order chi connectivity index (χ1) is 9.76. The summed E-state index contributed by atoms with van der Waals surface area (Å²) in [5, 5.41) is 3.46. The van der Waals surface area contributed by atoms with Crippen molar-refractivity contribution >= 4 is 5.82 Å². The highest BCUT2D eigenvalue weighted by Gasteiger charge is 2.26. The molecule has 0 spiro atoms. The van der Waals surface area contributed by atoms with Gasteiger partial charge in [0, 0.05) is 32.8 Å². The molecule has 1 N–H and O–H groups in total. The number of hydrogen-bond acceptors (Lipinski definition) is 5. The van der Waals surface area contributed by atoms with Crippen LogP contribution in [0.2, 0.25) is 0 Å². The van der Waals surface area contributed by atoms with Crippen molar-refractivity contribution < 1.29 is 4.74 Å². The molecule has 2 heterocycles. The van der Waals surface area contributed by atoms with Crippen molar-refractivity contribution in [3.05, 3.63) is 18.1 Å². The van der Waals surface area contributed by atoms with E-state index in [1.807, 2.05) is 12.4 Å². The second-order valence-corrected chi connectivity index (χ2v) is 6.01. The summed E-state index contributed by atoms with van der Waals surface area (Å²) in [7, 11) is 1.79. The first-order valence-electron chi connectivity index (χ1n) is 7.58. The van der Waals surface area contributed by atoms with Crippen LogP contribution in [0.25, 0.3) is 0 Å². The molecule has 5 nitrogen and oxygen atoms in total. The first-order valence-corrected chi connectivity index (χ1v) is 7.58. The smallest absolute Gasteiger partial charge is 0.147 e. The Morgan fingerprint density at radius 2 is 2.15 bits per heavy atom. The third-order valence-electron chi connectivity index (χ3n) is 4.36. The van der Waals surface area contributed by atoms with Gasteiger partial charge < -0.3 is 15.0 Å². The molecule has 0 radical (unpaired) electrons. The van der Waals surface area contributed by atoms with Crippen LogP contribution in [0.1, 0.15) is 31.9 Å². The van der Waals surface area contributed by atoms with Gasteiger partial charge in [-0.25, -0.2) is 4.98 Å². The van der Waals surface area contributed by atoms with E-state index in [1.54, 1.807) is 7.11 Å². The number of ether oxygens (including phenoxy) is 1. The largest absolute Gasteiger partial charge is 0.379 e. The molecule has 3 rings (SSSR count). The number of hydrogen-bond donors (Lipinski definition) is 1. The van der Waals surface area contributed by atoms with Gasteiger partial charge in [0.15, 0.2) is 0 Å². The maximum absolute atomic E-state index is 5.55. The highest BCUT2D eigenvalue weighted by molar-refractivity contribution is 5.36. The number of aromatic nitrogens is 2. The molecule has 20 heavy (non-hydrogen) atoms. The Kier molecular flexibility index (Phi) is 4.17. The van der Waals surface area contributed by atoms with Crippen molar-refractivity contribution in [2.75, 3.05) is 25.1 Å². The lowest BCUT2D eigenvalue weighted by atomic mass is 9.96. The summed E-state index contributed by atoms with van der Waals surface area (Å²) in [4.78, 5) is 11.4. The molecular weight excluding hydrogens is 252 g/mol. The second kappa shape index (κ2) is 6.06. The minimum Gasteiger partial charge on any atom is -0.379 e. The Hall–Kier alpha value is -1.20. The summed E-state index contributed by atoms with van der Waals surface area (Å²) in [6.45, 7) is 5.03. The SMILES string of the molecule is COC1CN(c2cnc(CNC3CC3)cn2)CCC1C. The summed E-state index contributed by atoms with van der Waals surface area (Å²) in [6.07, 6.45) is 7.83. The van der Waals surface area contributed by atoms with Crippen LogP contribution in [0.4, 0.5) is 5.82 Å². The molecule has 110 valence electrons. The molecule has 2 aliphatic rings. The summed E-state index contributed by atoms with van der Waals surface area (Å²) < 4.78 is 5.55. The number of methoxy groups -OCH3 is 1. The summed E-state index contributed by atoms with van der Waals surface area (Å²) in [6, 6.07) is 0.711. The van der Waals surface area contributed by atoms with Crippen LogP contribution in [0.5, 0.6) is 0 Å². The summed E-state index contributed by atoms with van der Waals surface area (Å²) in [5.41, 5.74) is 1.02. The first kappa shape index (κ1) is 13.8. The molecule has 0 amide bonds. The fourth-order valence-corrected chi connectivity index (χ4v) is 2.69. The molecule has 1 aliphatic carbocycles. The van der Waals surface area contributed by atoms with Crippen LogP contribution in [0, 0.1) is 5.92 Å². The molecule has 1 aliphatic heterocycles. The molecule has 5 heteroatoms. The van der Waals surface area contributed by atoms with E-state index < -0.39 is 0 Å². The minimum absolute atomic E-state index is 0.293. The van der Waals surface area contributed by atoms with E-state index in [9.17, 15) is 0 Å². The monoisotopic (exact) mass is 276 g/mol. The van der Waals surface area contributed by atoms with Crippen LogP contribution in [0.15, 0.2) is 12.4 Å². The normalized spacial score (nSPS) is 26.8. The second-order valence-electron chi connectivity index (χ2n) is 6.01. The zero-order chi connectivity index (χ0) is 13.9. The third-order valence-corrected chi connectivity index (χ3v) is 4.36. The van der Waals surface area contributed by atoms with Gasteiger partial charge >= 0.3 is 0 Å². The van der Waals surface area contributed by atoms with Crippen LogP contribution >= 0.6 is 0 Å². The molecule has 1 saturated heterocycles. The lowest BCUT2D eigenvalue weighted by Crippen LogP contribution is -2.44. The lowest BCUT2D eigenvalue weighted by molar-refractivity contribution is 0.0496. The maximum Gasteiger partial charge on any atom is 0.147 e. The van der Waals surface area contributed by atoms with E-state index >= 15 is 0 Å². The van der Waals surface area contributed by atoms with E-state index in [2.05, 4.69) is 27.1 Å². The van der Waals surface area contributed by atoms with Gasteiger partial charge in [-0.05, 0) is 25.2 Å². The van der Waals surface area contributed by atoms with Crippen molar-refractivity contribution in [3.63, 3.8) is 0 Å². The molecule has 2 unspecified atom stereocenters. The van der Waals surface area contributed by atoms with Gasteiger partial charge in [-0.15, -0.1) is 0 Å². The van der Waals surface area contributed by atoms with Crippen LogP contribution < -0.4 is 10.2 Å². The summed E-state index contributed by atoms with van der Waals surface area (Å²) in [5.74, 6) is 1.58. The minimum atomic E-state index is 0.293. The van der Waals surface area contributed by atoms with Gasteiger partial charge in [-0.3, -0.25) is 4.98 Å². The summed E-state index contributed by atoms with van der Waals surface area (Å²) >= 11 is 0. The zero-order valence-electron chi connectivity index (χ0n) is 12.4. The highest BCUT2D eigenvalue weighted by atomic mass is 16.5. The predicted octanol–water partition coefficient (Wildman–Crippen LogP) is 1.59. The predicted molar refractivity (Wildman–Crippen MR) is 78.7 cm³/mol. The maximum atomic E-state index is 5.55. The van der Waals surface area contributed by atoms with Gasteiger partial charge in [0.1, 0.15) is 5.82 Å². The number of anilines is 1. The number of piperidine rings is 1. The Labute approximate surface area is 120 Å². The topological polar surface area (TPSA) is 50.3 Å². The Morgan fingerprint density at radius 3 is 2.80 bits per heavy atom. The zero-order valence-corrected chi connectivity index (χ0v) is 12.4.